The molecule has 0 bridgehead atoms. The first-order valence-electron chi connectivity index (χ1n) is 12.6. The fourth-order valence-electron chi connectivity index (χ4n) is 4.46. The molecule has 0 spiro atoms. The van der Waals surface area contributed by atoms with E-state index < -0.39 is 4.92 Å². The van der Waals surface area contributed by atoms with Crippen LogP contribution >= 0.6 is 22.6 Å². The van der Waals surface area contributed by atoms with Crippen molar-refractivity contribution in [1.82, 2.24) is 25.2 Å². The van der Waals surface area contributed by atoms with Crippen molar-refractivity contribution >= 4 is 39.7 Å². The second kappa shape index (κ2) is 11.3. The largest absolute Gasteiger partial charge is 0.344 e. The molecule has 2 aromatic heterocycles. The van der Waals surface area contributed by atoms with Gasteiger partial charge in [-0.15, -0.1) is 5.10 Å². The minimum absolute atomic E-state index is 0.0112. The number of tetrazole rings is 1. The summed E-state index contributed by atoms with van der Waals surface area (Å²) in [6.45, 7) is 4.26. The van der Waals surface area contributed by atoms with E-state index in [0.717, 1.165) is 52.3 Å². The number of hydrogen-bond acceptors (Lipinski definition) is 7. The molecule has 0 N–H and O–H groups in total. The zero-order valence-corrected chi connectivity index (χ0v) is 23.9. The molecule has 9 nitrogen and oxygen atoms in total. The summed E-state index contributed by atoms with van der Waals surface area (Å²) in [4.78, 5) is 17.6. The van der Waals surface area contributed by atoms with Crippen molar-refractivity contribution in [1.29, 1.82) is 0 Å². The smallest absolute Gasteiger partial charge is 0.269 e. The van der Waals surface area contributed by atoms with Crippen LogP contribution in [0.5, 0.6) is 0 Å². The Kier molecular flexibility index (Phi) is 7.64. The number of benzene rings is 3. The first-order chi connectivity index (χ1) is 18.9. The topological polar surface area (TPSA) is 103 Å². The molecule has 0 saturated carbocycles. The van der Waals surface area contributed by atoms with Gasteiger partial charge in [-0.3, -0.25) is 15.1 Å². The van der Waals surface area contributed by atoms with Crippen LogP contribution in [0.2, 0.25) is 0 Å². The summed E-state index contributed by atoms with van der Waals surface area (Å²) in [5, 5.41) is 23.4. The molecule has 0 amide bonds. The molecule has 10 heteroatoms. The molecule has 5 rings (SSSR count). The van der Waals surface area contributed by atoms with E-state index in [4.69, 9.17) is 4.98 Å². The summed E-state index contributed by atoms with van der Waals surface area (Å²) < 4.78 is 2.76. The Morgan fingerprint density at radius 1 is 0.949 bits per heavy atom. The molecule has 0 fully saturated rings. The molecular formula is C29H26IN7O2. The maximum absolute atomic E-state index is 11.1. The normalized spacial score (nSPS) is 11.0. The second-order valence-electron chi connectivity index (χ2n) is 8.94. The highest BCUT2D eigenvalue weighted by Crippen LogP contribution is 2.35. The molecule has 0 radical (unpaired) electrons. The third-order valence-corrected chi connectivity index (χ3v) is 7.80. The lowest BCUT2D eigenvalue weighted by Gasteiger charge is -2.23. The lowest BCUT2D eigenvalue weighted by molar-refractivity contribution is -0.384. The standard InChI is InChI=1S/C29H26IN7O2/c1-4-20-18-27(28(30)26(5-2)31-20)35(3)21-12-10-19(11-13-21)24-8-6-7-9-25(24)29-32-33-34-36(29)22-14-16-23(17-15-22)37(38)39/h6-18H,4-5H2,1-3H3. The third kappa shape index (κ3) is 5.24. The van der Waals surface area contributed by atoms with Gasteiger partial charge in [-0.2, -0.15) is 4.68 Å². The van der Waals surface area contributed by atoms with Crippen LogP contribution in [0.25, 0.3) is 28.2 Å². The second-order valence-corrected chi connectivity index (χ2v) is 10.0. The number of non-ortho nitro benzene ring substituents is 1. The van der Waals surface area contributed by atoms with Gasteiger partial charge in [0.25, 0.3) is 5.69 Å². The van der Waals surface area contributed by atoms with Crippen molar-refractivity contribution in [2.45, 2.75) is 26.7 Å². The third-order valence-electron chi connectivity index (χ3n) is 6.63. The van der Waals surface area contributed by atoms with E-state index in [2.05, 4.69) is 94.2 Å². The first kappa shape index (κ1) is 26.4. The van der Waals surface area contributed by atoms with Crippen molar-refractivity contribution in [3.8, 4) is 28.2 Å². The first-order valence-corrected chi connectivity index (χ1v) is 13.6. The zero-order chi connectivity index (χ0) is 27.5. The Morgan fingerprint density at radius 2 is 1.64 bits per heavy atom. The van der Waals surface area contributed by atoms with Gasteiger partial charge in [0.2, 0.25) is 0 Å². The van der Waals surface area contributed by atoms with Gasteiger partial charge in [0.15, 0.2) is 5.82 Å². The molecule has 5 aromatic rings. The van der Waals surface area contributed by atoms with E-state index in [-0.39, 0.29) is 5.69 Å². The highest BCUT2D eigenvalue weighted by Gasteiger charge is 2.18. The van der Waals surface area contributed by atoms with E-state index in [9.17, 15) is 10.1 Å². The van der Waals surface area contributed by atoms with Gasteiger partial charge in [0.1, 0.15) is 0 Å². The number of aromatic nitrogens is 5. The summed E-state index contributed by atoms with van der Waals surface area (Å²) in [7, 11) is 2.08. The van der Waals surface area contributed by atoms with E-state index in [1.165, 1.54) is 15.7 Å². The average Bonchev–Trinajstić information content (AvgIpc) is 3.47. The van der Waals surface area contributed by atoms with Crippen LogP contribution < -0.4 is 4.90 Å². The van der Waals surface area contributed by atoms with Gasteiger partial charge in [0.05, 0.1) is 25.6 Å². The van der Waals surface area contributed by atoms with Crippen LogP contribution in [0.3, 0.4) is 0 Å². The van der Waals surface area contributed by atoms with Gasteiger partial charge >= 0.3 is 0 Å². The summed E-state index contributed by atoms with van der Waals surface area (Å²) >= 11 is 2.40. The number of rotatable bonds is 8. The predicted octanol–water partition coefficient (Wildman–Crippen LogP) is 6.80. The van der Waals surface area contributed by atoms with Crippen molar-refractivity contribution in [3.63, 3.8) is 0 Å². The molecule has 0 aliphatic rings. The van der Waals surface area contributed by atoms with Crippen LogP contribution in [0.1, 0.15) is 25.2 Å². The molecular weight excluding hydrogens is 605 g/mol. The molecule has 3 aromatic carbocycles. The lowest BCUT2D eigenvalue weighted by Crippen LogP contribution is -2.13. The summed E-state index contributed by atoms with van der Waals surface area (Å²) in [6, 6.07) is 24.7. The minimum atomic E-state index is -0.429. The van der Waals surface area contributed by atoms with Crippen LogP contribution in [0, 0.1) is 13.7 Å². The van der Waals surface area contributed by atoms with Crippen molar-refractivity contribution < 1.29 is 4.92 Å². The van der Waals surface area contributed by atoms with Crippen LogP contribution in [-0.4, -0.2) is 37.2 Å². The Hall–Kier alpha value is -4.19. The van der Waals surface area contributed by atoms with Crippen molar-refractivity contribution in [2.24, 2.45) is 0 Å². The monoisotopic (exact) mass is 631 g/mol. The quantitative estimate of drug-likeness (QED) is 0.106. The van der Waals surface area contributed by atoms with Crippen LogP contribution in [-0.2, 0) is 12.8 Å². The van der Waals surface area contributed by atoms with Crippen molar-refractivity contribution in [3.05, 3.63) is 104 Å². The Bertz CT molecular complexity index is 1630. The molecule has 0 saturated heterocycles. The molecule has 0 aliphatic carbocycles. The van der Waals surface area contributed by atoms with Gasteiger partial charge in [-0.25, -0.2) is 0 Å². The summed E-state index contributed by atoms with van der Waals surface area (Å²) in [5.74, 6) is 0.547. The van der Waals surface area contributed by atoms with Gasteiger partial charge in [-0.05, 0) is 87.3 Å². The number of anilines is 2. The fraction of sp³-hybridized carbons (Fsp3) is 0.172. The molecule has 39 heavy (non-hydrogen) atoms. The van der Waals surface area contributed by atoms with Gasteiger partial charge in [0, 0.05) is 36.1 Å². The summed E-state index contributed by atoms with van der Waals surface area (Å²) in [6.07, 6.45) is 1.78. The number of nitro groups is 1. The van der Waals surface area contributed by atoms with Crippen molar-refractivity contribution in [2.75, 3.05) is 11.9 Å². The number of hydrogen-bond donors (Lipinski definition) is 0. The molecule has 0 aliphatic heterocycles. The number of aryl methyl sites for hydroxylation is 2. The Morgan fingerprint density at radius 3 is 2.28 bits per heavy atom. The van der Waals surface area contributed by atoms with Crippen LogP contribution in [0.15, 0.2) is 78.9 Å². The minimum Gasteiger partial charge on any atom is -0.344 e. The highest BCUT2D eigenvalue weighted by molar-refractivity contribution is 14.1. The van der Waals surface area contributed by atoms with Crippen LogP contribution in [0.4, 0.5) is 17.1 Å². The summed E-state index contributed by atoms with van der Waals surface area (Å²) in [5.41, 5.74) is 7.92. The molecule has 2 heterocycles. The number of nitro benzene ring substituents is 1. The zero-order valence-electron chi connectivity index (χ0n) is 21.7. The number of halogens is 1. The SMILES string of the molecule is CCc1cc(N(C)c2ccc(-c3ccccc3-c3nnnn3-c3ccc([N+](=O)[O-])cc3)cc2)c(I)c(CC)n1. The average molecular weight is 631 g/mol. The lowest BCUT2D eigenvalue weighted by atomic mass is 9.98. The fourth-order valence-corrected chi connectivity index (χ4v) is 5.48. The number of nitrogens with zero attached hydrogens (tertiary/aromatic N) is 7. The number of pyridine rings is 1. The highest BCUT2D eigenvalue weighted by atomic mass is 127. The molecule has 196 valence electrons. The van der Waals surface area contributed by atoms with E-state index in [0.29, 0.717) is 11.5 Å². The Labute approximate surface area is 239 Å². The van der Waals surface area contributed by atoms with Gasteiger partial charge < -0.3 is 4.90 Å². The van der Waals surface area contributed by atoms with E-state index in [1.807, 2.05) is 24.3 Å². The maximum Gasteiger partial charge on any atom is 0.269 e. The van der Waals surface area contributed by atoms with Gasteiger partial charge in [-0.1, -0.05) is 50.2 Å². The van der Waals surface area contributed by atoms with E-state index in [1.54, 1.807) is 16.8 Å². The predicted molar refractivity (Wildman–Crippen MR) is 160 cm³/mol. The van der Waals surface area contributed by atoms with E-state index >= 15 is 0 Å². The Balaban J connectivity index is 1.49. The molecule has 0 unspecified atom stereocenters. The molecule has 0 atom stereocenters. The maximum atomic E-state index is 11.1.